The van der Waals surface area contributed by atoms with Crippen molar-refractivity contribution in [2.24, 2.45) is 0 Å². The van der Waals surface area contributed by atoms with Gasteiger partial charge in [-0.2, -0.15) is 0 Å². The van der Waals surface area contributed by atoms with Gasteiger partial charge in [0, 0.05) is 3.57 Å². The summed E-state index contributed by atoms with van der Waals surface area (Å²) in [6.07, 6.45) is 0. The Morgan fingerprint density at radius 2 is 1.81 bits per heavy atom. The molecule has 0 N–H and O–H groups in total. The van der Waals surface area contributed by atoms with Gasteiger partial charge in [0.1, 0.15) is 12.4 Å². The zero-order chi connectivity index (χ0) is 11.4. The van der Waals surface area contributed by atoms with Crippen molar-refractivity contribution in [1.29, 1.82) is 0 Å². The molecule has 1 nitrogen and oxygen atoms in total. The summed E-state index contributed by atoms with van der Waals surface area (Å²) in [5.41, 5.74) is 1.17. The van der Waals surface area contributed by atoms with Crippen molar-refractivity contribution in [3.63, 3.8) is 0 Å². The van der Waals surface area contributed by atoms with E-state index in [0.29, 0.717) is 6.61 Å². The van der Waals surface area contributed by atoms with E-state index in [4.69, 9.17) is 4.74 Å². The van der Waals surface area contributed by atoms with Gasteiger partial charge in [-0.3, -0.25) is 0 Å². The van der Waals surface area contributed by atoms with Gasteiger partial charge >= 0.3 is 0 Å². The lowest BCUT2D eigenvalue weighted by atomic mass is 10.2. The van der Waals surface area contributed by atoms with E-state index in [-0.39, 0.29) is 0 Å². The van der Waals surface area contributed by atoms with Gasteiger partial charge in [0.05, 0.1) is 4.47 Å². The number of hydrogen-bond acceptors (Lipinski definition) is 1. The topological polar surface area (TPSA) is 9.23 Å². The molecule has 82 valence electrons. The third-order valence-electron chi connectivity index (χ3n) is 2.13. The van der Waals surface area contributed by atoms with Gasteiger partial charge in [0.25, 0.3) is 0 Å². The van der Waals surface area contributed by atoms with E-state index in [1.165, 1.54) is 9.13 Å². The number of rotatable bonds is 3. The third-order valence-corrected chi connectivity index (χ3v) is 3.46. The minimum atomic E-state index is 0.597. The third kappa shape index (κ3) is 3.22. The molecule has 0 aliphatic carbocycles. The minimum absolute atomic E-state index is 0.597. The zero-order valence-electron chi connectivity index (χ0n) is 8.49. The highest BCUT2D eigenvalue weighted by Gasteiger charge is 2.01. The second-order valence-electron chi connectivity index (χ2n) is 3.35. The first-order valence-corrected chi connectivity index (χ1v) is 6.74. The van der Waals surface area contributed by atoms with Gasteiger partial charge in [0.2, 0.25) is 0 Å². The average Bonchev–Trinajstić information content (AvgIpc) is 2.32. The van der Waals surface area contributed by atoms with E-state index < -0.39 is 0 Å². The molecular formula is C13H10BrIO. The minimum Gasteiger partial charge on any atom is -0.488 e. The van der Waals surface area contributed by atoms with Crippen molar-refractivity contribution in [3.8, 4) is 5.75 Å². The van der Waals surface area contributed by atoms with Gasteiger partial charge < -0.3 is 4.74 Å². The molecule has 2 rings (SSSR count). The summed E-state index contributed by atoms with van der Waals surface area (Å²) in [5, 5.41) is 0. The van der Waals surface area contributed by atoms with Crippen LogP contribution in [0.3, 0.4) is 0 Å². The van der Waals surface area contributed by atoms with E-state index in [0.717, 1.165) is 10.2 Å². The second kappa shape index (κ2) is 5.68. The lowest BCUT2D eigenvalue weighted by molar-refractivity contribution is 0.304. The summed E-state index contributed by atoms with van der Waals surface area (Å²) in [5.74, 6) is 0.885. The standard InChI is InChI=1S/C13H10BrIO/c14-12-7-6-11(15)8-13(12)16-9-10-4-2-1-3-5-10/h1-8H,9H2. The first-order valence-electron chi connectivity index (χ1n) is 4.87. The molecule has 0 aromatic heterocycles. The van der Waals surface area contributed by atoms with Crippen molar-refractivity contribution < 1.29 is 4.74 Å². The van der Waals surface area contributed by atoms with Crippen molar-refractivity contribution in [2.45, 2.75) is 6.61 Å². The maximum Gasteiger partial charge on any atom is 0.135 e. The molecule has 0 saturated carbocycles. The van der Waals surface area contributed by atoms with Crippen molar-refractivity contribution >= 4 is 38.5 Å². The van der Waals surface area contributed by atoms with E-state index in [1.807, 2.05) is 36.4 Å². The molecule has 2 aromatic rings. The zero-order valence-corrected chi connectivity index (χ0v) is 12.2. The molecule has 0 unspecified atom stereocenters. The summed E-state index contributed by atoms with van der Waals surface area (Å²) in [7, 11) is 0. The van der Waals surface area contributed by atoms with Gasteiger partial charge in [-0.25, -0.2) is 0 Å². The molecule has 0 heterocycles. The molecule has 0 radical (unpaired) electrons. The predicted octanol–water partition coefficient (Wildman–Crippen LogP) is 4.63. The van der Waals surface area contributed by atoms with E-state index in [1.54, 1.807) is 0 Å². The quantitative estimate of drug-likeness (QED) is 0.696. The van der Waals surface area contributed by atoms with Crippen molar-refractivity contribution in [1.82, 2.24) is 0 Å². The second-order valence-corrected chi connectivity index (χ2v) is 5.45. The van der Waals surface area contributed by atoms with Gasteiger partial charge in [-0.15, -0.1) is 0 Å². The average molecular weight is 389 g/mol. The fraction of sp³-hybridized carbons (Fsp3) is 0.0769. The molecule has 16 heavy (non-hydrogen) atoms. The van der Waals surface area contributed by atoms with Crippen LogP contribution in [-0.2, 0) is 6.61 Å². The SMILES string of the molecule is Brc1ccc(I)cc1OCc1ccccc1. The normalized spacial score (nSPS) is 10.1. The Morgan fingerprint density at radius 1 is 1.06 bits per heavy atom. The summed E-state index contributed by atoms with van der Waals surface area (Å²) in [6, 6.07) is 16.2. The molecule has 0 spiro atoms. The maximum atomic E-state index is 5.75. The lowest BCUT2D eigenvalue weighted by Crippen LogP contribution is -1.95. The number of benzene rings is 2. The molecule has 0 atom stereocenters. The predicted molar refractivity (Wildman–Crippen MR) is 77.6 cm³/mol. The molecule has 0 bridgehead atoms. The summed E-state index contributed by atoms with van der Waals surface area (Å²) >= 11 is 5.75. The largest absolute Gasteiger partial charge is 0.488 e. The Balaban J connectivity index is 2.08. The van der Waals surface area contributed by atoms with E-state index in [9.17, 15) is 0 Å². The van der Waals surface area contributed by atoms with Crippen LogP contribution in [0.1, 0.15) is 5.56 Å². The Bertz CT molecular complexity index is 471. The van der Waals surface area contributed by atoms with Crippen molar-refractivity contribution in [3.05, 3.63) is 62.1 Å². The number of ether oxygens (including phenoxy) is 1. The van der Waals surface area contributed by atoms with E-state index in [2.05, 4.69) is 50.7 Å². The molecule has 3 heteroatoms. The Morgan fingerprint density at radius 3 is 2.56 bits per heavy atom. The maximum absolute atomic E-state index is 5.75. The Hall–Kier alpha value is -0.550. The van der Waals surface area contributed by atoms with Crippen LogP contribution < -0.4 is 4.74 Å². The number of hydrogen-bond donors (Lipinski definition) is 0. The Kier molecular flexibility index (Phi) is 4.23. The smallest absolute Gasteiger partial charge is 0.135 e. The highest BCUT2D eigenvalue weighted by molar-refractivity contribution is 14.1. The molecule has 0 fully saturated rings. The van der Waals surface area contributed by atoms with E-state index >= 15 is 0 Å². The monoisotopic (exact) mass is 388 g/mol. The first-order chi connectivity index (χ1) is 7.75. The van der Waals surface area contributed by atoms with Crippen LogP contribution in [0.15, 0.2) is 53.0 Å². The van der Waals surface area contributed by atoms with Crippen molar-refractivity contribution in [2.75, 3.05) is 0 Å². The van der Waals surface area contributed by atoms with Crippen LogP contribution in [-0.4, -0.2) is 0 Å². The van der Waals surface area contributed by atoms with Crippen LogP contribution in [0.5, 0.6) is 5.75 Å². The van der Waals surface area contributed by atoms with Crippen LogP contribution in [0.4, 0.5) is 0 Å². The lowest BCUT2D eigenvalue weighted by Gasteiger charge is -2.08. The molecular weight excluding hydrogens is 379 g/mol. The van der Waals surface area contributed by atoms with Crippen LogP contribution in [0.2, 0.25) is 0 Å². The fourth-order valence-corrected chi connectivity index (χ4v) is 2.15. The summed E-state index contributed by atoms with van der Waals surface area (Å²) in [4.78, 5) is 0. The van der Waals surface area contributed by atoms with Gasteiger partial charge in [0.15, 0.2) is 0 Å². The van der Waals surface area contributed by atoms with Gasteiger partial charge in [-0.1, -0.05) is 30.3 Å². The molecule has 0 amide bonds. The number of halogens is 2. The van der Waals surface area contributed by atoms with Crippen LogP contribution in [0.25, 0.3) is 0 Å². The highest BCUT2D eigenvalue weighted by Crippen LogP contribution is 2.27. The molecule has 2 aromatic carbocycles. The van der Waals surface area contributed by atoms with Crippen LogP contribution in [0, 0.1) is 3.57 Å². The fourth-order valence-electron chi connectivity index (χ4n) is 1.32. The summed E-state index contributed by atoms with van der Waals surface area (Å²) in [6.45, 7) is 0.597. The Labute approximate surface area is 117 Å². The molecule has 0 aliphatic rings. The van der Waals surface area contributed by atoms with Gasteiger partial charge in [-0.05, 0) is 62.3 Å². The molecule has 0 saturated heterocycles. The first kappa shape index (κ1) is 11.9. The van der Waals surface area contributed by atoms with Crippen LogP contribution >= 0.6 is 38.5 Å². The highest BCUT2D eigenvalue weighted by atomic mass is 127. The summed E-state index contributed by atoms with van der Waals surface area (Å²) < 4.78 is 7.91. The molecule has 0 aliphatic heterocycles.